The average Bonchev–Trinajstić information content (AvgIpc) is 3.59. The third kappa shape index (κ3) is 5.42. The monoisotopic (exact) mass is 608 g/mol. The summed E-state index contributed by atoms with van der Waals surface area (Å²) < 4.78 is 53.7. The zero-order valence-corrected chi connectivity index (χ0v) is 22.8. The van der Waals surface area contributed by atoms with Crippen LogP contribution in [0.25, 0.3) is 22.5 Å². The number of aromatic nitrogens is 5. The predicted octanol–water partition coefficient (Wildman–Crippen LogP) is 5.32. The van der Waals surface area contributed by atoms with Crippen LogP contribution in [0.2, 0.25) is 0 Å². The molecule has 0 N–H and O–H groups in total. The lowest BCUT2D eigenvalue weighted by Crippen LogP contribution is -2.36. The van der Waals surface area contributed by atoms with Gasteiger partial charge in [0.05, 0.1) is 39.4 Å². The minimum Gasteiger partial charge on any atom is -0.444 e. The van der Waals surface area contributed by atoms with E-state index in [1.807, 2.05) is 0 Å². The molecule has 206 valence electrons. The molecule has 0 spiro atoms. The first-order valence-corrected chi connectivity index (χ1v) is 12.8. The van der Waals surface area contributed by atoms with E-state index in [-0.39, 0.29) is 35.2 Å². The molecule has 1 aliphatic rings. The molecule has 0 saturated carbocycles. The van der Waals surface area contributed by atoms with Crippen LogP contribution in [0.1, 0.15) is 51.2 Å². The van der Waals surface area contributed by atoms with Gasteiger partial charge in [0.15, 0.2) is 0 Å². The van der Waals surface area contributed by atoms with Crippen LogP contribution in [-0.2, 0) is 11.3 Å². The van der Waals surface area contributed by atoms with E-state index < -0.39 is 29.8 Å². The van der Waals surface area contributed by atoms with Gasteiger partial charge in [0.1, 0.15) is 11.4 Å². The van der Waals surface area contributed by atoms with Gasteiger partial charge in [-0.1, -0.05) is 0 Å². The Labute approximate surface area is 228 Å². The molecule has 14 heteroatoms. The molecule has 1 saturated heterocycles. The SMILES string of the molecule is CC(C)(C)OC(=O)N1CC[C@@H](n2c(=O)n(Cc3ccc(-c4nnc(C(F)F)o4)cn3)c3cc(F)c(Br)cc32)C1. The quantitative estimate of drug-likeness (QED) is 0.302. The number of carbonyl (C=O) groups excluding carboxylic acids is 1. The van der Waals surface area contributed by atoms with E-state index in [0.29, 0.717) is 35.3 Å². The molecule has 4 aromatic rings. The van der Waals surface area contributed by atoms with Gasteiger partial charge < -0.3 is 14.1 Å². The van der Waals surface area contributed by atoms with Crippen LogP contribution in [0.4, 0.5) is 18.0 Å². The number of imidazole rings is 1. The number of amides is 1. The summed E-state index contributed by atoms with van der Waals surface area (Å²) >= 11 is 3.21. The highest BCUT2D eigenvalue weighted by atomic mass is 79.9. The number of nitrogens with zero attached hydrogens (tertiary/aromatic N) is 6. The van der Waals surface area contributed by atoms with Crippen molar-refractivity contribution in [3.63, 3.8) is 0 Å². The van der Waals surface area contributed by atoms with Gasteiger partial charge >= 0.3 is 18.2 Å². The molecule has 5 rings (SSSR count). The molecule has 1 amide bonds. The zero-order valence-electron chi connectivity index (χ0n) is 21.2. The summed E-state index contributed by atoms with van der Waals surface area (Å²) in [5.41, 5.74) is 0.617. The Morgan fingerprint density at radius 1 is 1.23 bits per heavy atom. The summed E-state index contributed by atoms with van der Waals surface area (Å²) in [6.07, 6.45) is -1.46. The van der Waals surface area contributed by atoms with Crippen molar-refractivity contribution in [1.82, 2.24) is 29.2 Å². The molecule has 1 aliphatic heterocycles. The van der Waals surface area contributed by atoms with Gasteiger partial charge in [0, 0.05) is 25.4 Å². The highest BCUT2D eigenvalue weighted by molar-refractivity contribution is 9.10. The smallest absolute Gasteiger partial charge is 0.410 e. The zero-order chi connectivity index (χ0) is 28.1. The second kappa shape index (κ2) is 10.1. The van der Waals surface area contributed by atoms with E-state index in [1.165, 1.54) is 16.8 Å². The Bertz CT molecular complexity index is 1590. The Hall–Kier alpha value is -3.68. The fourth-order valence-electron chi connectivity index (χ4n) is 4.47. The highest BCUT2D eigenvalue weighted by Crippen LogP contribution is 2.30. The van der Waals surface area contributed by atoms with E-state index in [4.69, 9.17) is 9.15 Å². The van der Waals surface area contributed by atoms with Crippen molar-refractivity contribution in [2.45, 2.75) is 51.8 Å². The molecule has 0 bridgehead atoms. The van der Waals surface area contributed by atoms with Gasteiger partial charge in [-0.2, -0.15) is 8.78 Å². The van der Waals surface area contributed by atoms with Crippen molar-refractivity contribution in [2.24, 2.45) is 0 Å². The first-order chi connectivity index (χ1) is 18.4. The lowest BCUT2D eigenvalue weighted by Gasteiger charge is -2.24. The van der Waals surface area contributed by atoms with Gasteiger partial charge in [-0.05, 0) is 61.3 Å². The molecule has 3 aromatic heterocycles. The summed E-state index contributed by atoms with van der Waals surface area (Å²) in [5, 5.41) is 6.90. The minimum absolute atomic E-state index is 0.0122. The Morgan fingerprint density at radius 2 is 2.00 bits per heavy atom. The van der Waals surface area contributed by atoms with E-state index in [0.717, 1.165) is 0 Å². The number of carbonyl (C=O) groups is 1. The summed E-state index contributed by atoms with van der Waals surface area (Å²) in [4.78, 5) is 32.1. The molecule has 1 fully saturated rings. The molecule has 10 nitrogen and oxygen atoms in total. The van der Waals surface area contributed by atoms with Crippen LogP contribution in [0.5, 0.6) is 0 Å². The van der Waals surface area contributed by atoms with Crippen molar-refractivity contribution in [3.8, 4) is 11.5 Å². The number of hydrogen-bond donors (Lipinski definition) is 0. The lowest BCUT2D eigenvalue weighted by atomic mass is 10.2. The predicted molar refractivity (Wildman–Crippen MR) is 137 cm³/mol. The second-order valence-corrected chi connectivity index (χ2v) is 11.0. The third-order valence-corrected chi connectivity index (χ3v) is 6.81. The maximum Gasteiger partial charge on any atom is 0.410 e. The normalized spacial score (nSPS) is 16.0. The van der Waals surface area contributed by atoms with Crippen LogP contribution in [0.3, 0.4) is 0 Å². The van der Waals surface area contributed by atoms with E-state index in [2.05, 4.69) is 31.1 Å². The number of rotatable bonds is 5. The van der Waals surface area contributed by atoms with Crippen molar-refractivity contribution in [3.05, 3.63) is 62.8 Å². The number of ether oxygens (including phenoxy) is 1. The molecule has 1 aromatic carbocycles. The average molecular weight is 609 g/mol. The number of likely N-dealkylation sites (tertiary alicyclic amines) is 1. The first kappa shape index (κ1) is 26.9. The fourth-order valence-corrected chi connectivity index (χ4v) is 4.80. The number of pyridine rings is 1. The van der Waals surface area contributed by atoms with Gasteiger partial charge in [-0.25, -0.2) is 14.0 Å². The number of alkyl halides is 2. The Kier molecular flexibility index (Phi) is 6.99. The van der Waals surface area contributed by atoms with Gasteiger partial charge in [-0.3, -0.25) is 14.1 Å². The van der Waals surface area contributed by atoms with Crippen LogP contribution >= 0.6 is 15.9 Å². The second-order valence-electron chi connectivity index (χ2n) is 10.1. The molecular formula is C25H24BrF3N6O4. The van der Waals surface area contributed by atoms with Crippen LogP contribution in [-0.4, -0.2) is 54.0 Å². The number of benzene rings is 1. The molecule has 0 aliphatic carbocycles. The number of fused-ring (bicyclic) bond motifs is 1. The maximum atomic E-state index is 14.6. The first-order valence-electron chi connectivity index (χ1n) is 12.1. The number of hydrogen-bond acceptors (Lipinski definition) is 7. The van der Waals surface area contributed by atoms with Crippen LogP contribution < -0.4 is 5.69 Å². The van der Waals surface area contributed by atoms with E-state index in [1.54, 1.807) is 48.4 Å². The Morgan fingerprint density at radius 3 is 2.64 bits per heavy atom. The molecule has 4 heterocycles. The summed E-state index contributed by atoms with van der Waals surface area (Å²) in [7, 11) is 0. The van der Waals surface area contributed by atoms with Gasteiger partial charge in [0.2, 0.25) is 5.89 Å². The summed E-state index contributed by atoms with van der Waals surface area (Å²) in [6.45, 7) is 6.04. The third-order valence-electron chi connectivity index (χ3n) is 6.20. The van der Waals surface area contributed by atoms with Crippen LogP contribution in [0.15, 0.2) is 44.1 Å². The van der Waals surface area contributed by atoms with Crippen molar-refractivity contribution in [2.75, 3.05) is 13.1 Å². The molecular weight excluding hydrogens is 585 g/mol. The molecule has 0 radical (unpaired) electrons. The van der Waals surface area contributed by atoms with Crippen molar-refractivity contribution < 1.29 is 27.1 Å². The topological polar surface area (TPSA) is 108 Å². The summed E-state index contributed by atoms with van der Waals surface area (Å²) in [6, 6.07) is 5.62. The molecule has 39 heavy (non-hydrogen) atoms. The minimum atomic E-state index is -2.89. The number of halogens is 4. The van der Waals surface area contributed by atoms with Crippen molar-refractivity contribution in [1.29, 1.82) is 0 Å². The van der Waals surface area contributed by atoms with Crippen molar-refractivity contribution >= 4 is 33.1 Å². The van der Waals surface area contributed by atoms with Gasteiger partial charge in [0.25, 0.3) is 5.89 Å². The Balaban J connectivity index is 1.45. The van der Waals surface area contributed by atoms with E-state index >= 15 is 0 Å². The van der Waals surface area contributed by atoms with E-state index in [9.17, 15) is 22.8 Å². The highest BCUT2D eigenvalue weighted by Gasteiger charge is 2.33. The molecule has 1 atom stereocenters. The largest absolute Gasteiger partial charge is 0.444 e. The van der Waals surface area contributed by atoms with Crippen LogP contribution in [0, 0.1) is 5.82 Å². The van der Waals surface area contributed by atoms with Gasteiger partial charge in [-0.15, -0.1) is 10.2 Å². The lowest BCUT2D eigenvalue weighted by molar-refractivity contribution is 0.0289. The fraction of sp³-hybridized carbons (Fsp3) is 0.400. The summed E-state index contributed by atoms with van der Waals surface area (Å²) in [5.74, 6) is -1.44. The molecule has 0 unspecified atom stereocenters. The standard InChI is InChI=1S/C25H24BrF3N6O4/c1-25(2,3)39-24(37)33-7-6-15(12-33)35-19-8-16(26)17(27)9-18(19)34(23(35)36)11-14-5-4-13(10-30-14)21-31-32-22(38-21)20(28)29/h4-5,8-10,15,20H,6-7,11-12H2,1-3H3/t15-/m1/s1. The maximum absolute atomic E-state index is 14.6.